The Labute approximate surface area is 109 Å². The Morgan fingerprint density at radius 1 is 1.47 bits per heavy atom. The van der Waals surface area contributed by atoms with Gasteiger partial charge in [-0.3, -0.25) is 0 Å². The Kier molecular flexibility index (Phi) is 3.70. The summed E-state index contributed by atoms with van der Waals surface area (Å²) >= 11 is 0. The lowest BCUT2D eigenvalue weighted by molar-refractivity contribution is 0.0691. The average Bonchev–Trinajstić information content (AvgIpc) is 2.81. The summed E-state index contributed by atoms with van der Waals surface area (Å²) in [6.07, 6.45) is 1.32. The van der Waals surface area contributed by atoms with Gasteiger partial charge in [0, 0.05) is 0 Å². The van der Waals surface area contributed by atoms with Gasteiger partial charge in [0.15, 0.2) is 6.39 Å². The summed E-state index contributed by atoms with van der Waals surface area (Å²) in [6.45, 7) is 1.91. The first-order chi connectivity index (χ1) is 9.11. The number of oxazole rings is 1. The van der Waals surface area contributed by atoms with Crippen molar-refractivity contribution in [3.8, 4) is 11.5 Å². The van der Waals surface area contributed by atoms with Crippen LogP contribution in [0.4, 0.5) is 0 Å². The SMILES string of the molecule is COc1ccc(OCc2ncoc2C)c(C(=O)O)c1. The number of ether oxygens (including phenoxy) is 2. The van der Waals surface area contributed by atoms with Gasteiger partial charge in [-0.15, -0.1) is 0 Å². The molecule has 1 heterocycles. The van der Waals surface area contributed by atoms with Crippen molar-refractivity contribution in [3.63, 3.8) is 0 Å². The number of aryl methyl sites for hydroxylation is 1. The molecule has 0 aliphatic heterocycles. The Balaban J connectivity index is 2.20. The van der Waals surface area contributed by atoms with Crippen LogP contribution < -0.4 is 9.47 Å². The molecule has 0 saturated carbocycles. The molecule has 0 aliphatic rings. The highest BCUT2D eigenvalue weighted by Crippen LogP contribution is 2.25. The number of nitrogens with zero attached hydrogens (tertiary/aromatic N) is 1. The zero-order valence-corrected chi connectivity index (χ0v) is 10.5. The monoisotopic (exact) mass is 263 g/mol. The van der Waals surface area contributed by atoms with Gasteiger partial charge in [-0.2, -0.15) is 0 Å². The molecule has 6 heteroatoms. The molecular weight excluding hydrogens is 250 g/mol. The van der Waals surface area contributed by atoms with Gasteiger partial charge in [-0.05, 0) is 25.1 Å². The summed E-state index contributed by atoms with van der Waals surface area (Å²) < 4.78 is 15.5. The van der Waals surface area contributed by atoms with Crippen molar-refractivity contribution in [2.24, 2.45) is 0 Å². The first-order valence-electron chi connectivity index (χ1n) is 5.55. The first-order valence-corrected chi connectivity index (χ1v) is 5.55. The molecule has 0 unspecified atom stereocenters. The minimum Gasteiger partial charge on any atom is -0.497 e. The molecule has 0 spiro atoms. The number of carbonyl (C=O) groups is 1. The van der Waals surface area contributed by atoms with Crippen molar-refractivity contribution in [3.05, 3.63) is 41.6 Å². The molecule has 2 rings (SSSR count). The maximum atomic E-state index is 11.1. The number of rotatable bonds is 5. The Bertz CT molecular complexity index is 590. The first kappa shape index (κ1) is 12.9. The highest BCUT2D eigenvalue weighted by atomic mass is 16.5. The van der Waals surface area contributed by atoms with Gasteiger partial charge in [0.1, 0.15) is 35.1 Å². The largest absolute Gasteiger partial charge is 0.497 e. The number of aromatic nitrogens is 1. The van der Waals surface area contributed by atoms with Crippen molar-refractivity contribution in [1.82, 2.24) is 4.98 Å². The highest BCUT2D eigenvalue weighted by molar-refractivity contribution is 5.91. The summed E-state index contributed by atoms with van der Waals surface area (Å²) in [5.74, 6) is 0.286. The van der Waals surface area contributed by atoms with Crippen molar-refractivity contribution in [2.45, 2.75) is 13.5 Å². The van der Waals surface area contributed by atoms with E-state index in [1.54, 1.807) is 19.1 Å². The van der Waals surface area contributed by atoms with E-state index in [1.165, 1.54) is 19.6 Å². The van der Waals surface area contributed by atoms with Gasteiger partial charge in [0.2, 0.25) is 0 Å². The van der Waals surface area contributed by atoms with E-state index >= 15 is 0 Å². The smallest absolute Gasteiger partial charge is 0.339 e. The van der Waals surface area contributed by atoms with Crippen LogP contribution in [-0.4, -0.2) is 23.2 Å². The van der Waals surface area contributed by atoms with Crippen LogP contribution in [0.15, 0.2) is 29.0 Å². The lowest BCUT2D eigenvalue weighted by Gasteiger charge is -2.09. The standard InChI is InChI=1S/C13H13NO5/c1-8-11(14-7-19-8)6-18-12-4-3-9(17-2)5-10(12)13(15)16/h3-5,7H,6H2,1-2H3,(H,15,16). The number of methoxy groups -OCH3 is 1. The summed E-state index contributed by atoms with van der Waals surface area (Å²) in [5, 5.41) is 9.13. The predicted octanol–water partition coefficient (Wildman–Crippen LogP) is 2.27. The van der Waals surface area contributed by atoms with Crippen LogP contribution in [0.2, 0.25) is 0 Å². The molecule has 1 N–H and O–H groups in total. The second-order valence-corrected chi connectivity index (χ2v) is 3.81. The Morgan fingerprint density at radius 2 is 2.26 bits per heavy atom. The predicted molar refractivity (Wildman–Crippen MR) is 65.5 cm³/mol. The second kappa shape index (κ2) is 5.43. The fourth-order valence-electron chi connectivity index (χ4n) is 1.54. The molecule has 19 heavy (non-hydrogen) atoms. The van der Waals surface area contributed by atoms with E-state index in [4.69, 9.17) is 19.0 Å². The molecule has 0 amide bonds. The number of benzene rings is 1. The third-order valence-corrected chi connectivity index (χ3v) is 2.63. The van der Waals surface area contributed by atoms with E-state index in [-0.39, 0.29) is 17.9 Å². The molecular formula is C13H13NO5. The minimum atomic E-state index is -1.08. The lowest BCUT2D eigenvalue weighted by atomic mass is 10.2. The fraction of sp³-hybridized carbons (Fsp3) is 0.231. The molecule has 0 bridgehead atoms. The normalized spacial score (nSPS) is 10.2. The fourth-order valence-corrected chi connectivity index (χ4v) is 1.54. The van der Waals surface area contributed by atoms with Crippen LogP contribution in [0.5, 0.6) is 11.5 Å². The highest BCUT2D eigenvalue weighted by Gasteiger charge is 2.14. The van der Waals surface area contributed by atoms with Gasteiger partial charge in [0.25, 0.3) is 0 Å². The number of carboxylic acids is 1. The zero-order chi connectivity index (χ0) is 13.8. The van der Waals surface area contributed by atoms with Crippen LogP contribution >= 0.6 is 0 Å². The molecule has 0 aliphatic carbocycles. The molecule has 1 aromatic heterocycles. The van der Waals surface area contributed by atoms with Gasteiger partial charge in [-0.25, -0.2) is 9.78 Å². The van der Waals surface area contributed by atoms with E-state index in [0.29, 0.717) is 17.2 Å². The van der Waals surface area contributed by atoms with E-state index in [0.717, 1.165) is 0 Å². The molecule has 100 valence electrons. The Morgan fingerprint density at radius 3 is 2.84 bits per heavy atom. The Hall–Kier alpha value is -2.50. The molecule has 0 saturated heterocycles. The third kappa shape index (κ3) is 2.85. The number of hydrogen-bond acceptors (Lipinski definition) is 5. The maximum Gasteiger partial charge on any atom is 0.339 e. The van der Waals surface area contributed by atoms with E-state index < -0.39 is 5.97 Å². The van der Waals surface area contributed by atoms with Gasteiger partial charge < -0.3 is 19.0 Å². The van der Waals surface area contributed by atoms with Crippen molar-refractivity contribution in [1.29, 1.82) is 0 Å². The van der Waals surface area contributed by atoms with Crippen LogP contribution in [0.3, 0.4) is 0 Å². The maximum absolute atomic E-state index is 11.1. The molecule has 2 aromatic rings. The third-order valence-electron chi connectivity index (χ3n) is 2.63. The van der Waals surface area contributed by atoms with Gasteiger partial charge >= 0.3 is 5.97 Å². The number of carboxylic acid groups (broad SMARTS) is 1. The van der Waals surface area contributed by atoms with Crippen molar-refractivity contribution >= 4 is 5.97 Å². The summed E-state index contributed by atoms with van der Waals surface area (Å²) in [5.41, 5.74) is 0.674. The lowest BCUT2D eigenvalue weighted by Crippen LogP contribution is -2.04. The second-order valence-electron chi connectivity index (χ2n) is 3.81. The van der Waals surface area contributed by atoms with Crippen LogP contribution in [0.1, 0.15) is 21.8 Å². The van der Waals surface area contributed by atoms with Gasteiger partial charge in [-0.1, -0.05) is 0 Å². The quantitative estimate of drug-likeness (QED) is 0.891. The molecule has 0 radical (unpaired) electrons. The van der Waals surface area contributed by atoms with Crippen LogP contribution in [0.25, 0.3) is 0 Å². The molecule has 0 fully saturated rings. The number of hydrogen-bond donors (Lipinski definition) is 1. The van der Waals surface area contributed by atoms with Crippen LogP contribution in [-0.2, 0) is 6.61 Å². The van der Waals surface area contributed by atoms with E-state index in [1.807, 2.05) is 0 Å². The summed E-state index contributed by atoms with van der Waals surface area (Å²) in [7, 11) is 1.47. The molecule has 1 aromatic carbocycles. The molecule has 0 atom stereocenters. The average molecular weight is 263 g/mol. The van der Waals surface area contributed by atoms with E-state index in [9.17, 15) is 4.79 Å². The van der Waals surface area contributed by atoms with Crippen molar-refractivity contribution < 1.29 is 23.8 Å². The van der Waals surface area contributed by atoms with Crippen LogP contribution in [0, 0.1) is 6.92 Å². The number of aromatic carboxylic acids is 1. The molecule has 6 nitrogen and oxygen atoms in total. The summed E-state index contributed by atoms with van der Waals surface area (Å²) in [4.78, 5) is 15.1. The van der Waals surface area contributed by atoms with E-state index in [2.05, 4.69) is 4.98 Å². The summed E-state index contributed by atoms with van der Waals surface area (Å²) in [6, 6.07) is 4.60. The topological polar surface area (TPSA) is 81.8 Å². The zero-order valence-electron chi connectivity index (χ0n) is 10.5. The van der Waals surface area contributed by atoms with Gasteiger partial charge in [0.05, 0.1) is 7.11 Å². The minimum absolute atomic E-state index is 0.0421. The van der Waals surface area contributed by atoms with Crippen molar-refractivity contribution in [2.75, 3.05) is 7.11 Å².